The molecule has 17 heavy (non-hydrogen) atoms. The van der Waals surface area contributed by atoms with Crippen LogP contribution in [0, 0.1) is 0 Å². The molecule has 5 heteroatoms. The summed E-state index contributed by atoms with van der Waals surface area (Å²) in [5.74, 6) is -0.0806. The Balaban J connectivity index is 1.85. The van der Waals surface area contributed by atoms with Gasteiger partial charge in [0.2, 0.25) is 5.22 Å². The third-order valence-electron chi connectivity index (χ3n) is 3.15. The van der Waals surface area contributed by atoms with E-state index in [0.29, 0.717) is 5.56 Å². The first-order valence-electron chi connectivity index (χ1n) is 5.89. The van der Waals surface area contributed by atoms with E-state index in [1.54, 1.807) is 18.0 Å². The SMILES string of the molecule is CN(CCN1CCCC1)C(=O)c1ccoc1Cl. The lowest BCUT2D eigenvalue weighted by molar-refractivity contribution is 0.0782. The Morgan fingerprint density at radius 3 is 2.82 bits per heavy atom. The number of carbonyl (C=O) groups excluding carboxylic acids is 1. The molecule has 1 aromatic rings. The summed E-state index contributed by atoms with van der Waals surface area (Å²) >= 11 is 5.78. The van der Waals surface area contributed by atoms with E-state index >= 15 is 0 Å². The number of likely N-dealkylation sites (N-methyl/N-ethyl adjacent to an activating group) is 1. The summed E-state index contributed by atoms with van der Waals surface area (Å²) in [6, 6.07) is 1.61. The summed E-state index contributed by atoms with van der Waals surface area (Å²) in [5, 5.41) is 0.169. The molecule has 0 atom stereocenters. The van der Waals surface area contributed by atoms with Crippen LogP contribution in [-0.2, 0) is 0 Å². The molecule has 0 spiro atoms. The van der Waals surface area contributed by atoms with E-state index in [9.17, 15) is 4.79 Å². The van der Waals surface area contributed by atoms with Crippen molar-refractivity contribution in [3.63, 3.8) is 0 Å². The predicted molar refractivity (Wildman–Crippen MR) is 66.4 cm³/mol. The van der Waals surface area contributed by atoms with E-state index < -0.39 is 0 Å². The van der Waals surface area contributed by atoms with Crippen LogP contribution in [0.15, 0.2) is 16.7 Å². The van der Waals surface area contributed by atoms with Crippen LogP contribution in [0.25, 0.3) is 0 Å². The Hall–Kier alpha value is -1.00. The van der Waals surface area contributed by atoms with Crippen molar-refractivity contribution in [3.05, 3.63) is 23.1 Å². The average Bonchev–Trinajstić information content (AvgIpc) is 2.95. The van der Waals surface area contributed by atoms with E-state index in [2.05, 4.69) is 4.90 Å². The number of hydrogen-bond acceptors (Lipinski definition) is 3. The van der Waals surface area contributed by atoms with Crippen LogP contribution in [0.5, 0.6) is 0 Å². The van der Waals surface area contributed by atoms with Crippen molar-refractivity contribution < 1.29 is 9.21 Å². The van der Waals surface area contributed by atoms with Crippen molar-refractivity contribution in [2.45, 2.75) is 12.8 Å². The molecule has 0 unspecified atom stereocenters. The Morgan fingerprint density at radius 1 is 1.53 bits per heavy atom. The molecule has 1 aromatic heterocycles. The van der Waals surface area contributed by atoms with Crippen LogP contribution >= 0.6 is 11.6 Å². The van der Waals surface area contributed by atoms with E-state index in [4.69, 9.17) is 16.0 Å². The molecule has 2 heterocycles. The molecule has 0 bridgehead atoms. The highest BCUT2D eigenvalue weighted by Crippen LogP contribution is 2.18. The summed E-state index contributed by atoms with van der Waals surface area (Å²) < 4.78 is 4.92. The predicted octanol–water partition coefficient (Wildman–Crippen LogP) is 2.10. The highest BCUT2D eigenvalue weighted by Gasteiger charge is 2.18. The number of rotatable bonds is 4. The second kappa shape index (κ2) is 5.56. The molecule has 0 N–H and O–H groups in total. The van der Waals surface area contributed by atoms with Crippen molar-refractivity contribution in [1.82, 2.24) is 9.80 Å². The van der Waals surface area contributed by atoms with E-state index in [0.717, 1.165) is 26.2 Å². The smallest absolute Gasteiger partial charge is 0.258 e. The van der Waals surface area contributed by atoms with Crippen LogP contribution in [0.1, 0.15) is 23.2 Å². The molecule has 0 aliphatic carbocycles. The minimum atomic E-state index is -0.0806. The third-order valence-corrected chi connectivity index (χ3v) is 3.44. The van der Waals surface area contributed by atoms with Crippen LogP contribution < -0.4 is 0 Å². The fraction of sp³-hybridized carbons (Fsp3) is 0.583. The van der Waals surface area contributed by atoms with Crippen molar-refractivity contribution in [2.75, 3.05) is 33.2 Å². The second-order valence-electron chi connectivity index (χ2n) is 4.38. The number of nitrogens with zero attached hydrogens (tertiary/aromatic N) is 2. The second-order valence-corrected chi connectivity index (χ2v) is 4.73. The normalized spacial score (nSPS) is 16.4. The lowest BCUT2D eigenvalue weighted by atomic mass is 10.3. The summed E-state index contributed by atoms with van der Waals surface area (Å²) in [7, 11) is 1.79. The zero-order valence-corrected chi connectivity index (χ0v) is 10.7. The topological polar surface area (TPSA) is 36.7 Å². The van der Waals surface area contributed by atoms with Crippen LogP contribution in [0.3, 0.4) is 0 Å². The molecule has 94 valence electrons. The van der Waals surface area contributed by atoms with Gasteiger partial charge in [0.05, 0.1) is 11.8 Å². The van der Waals surface area contributed by atoms with Gasteiger partial charge in [0.15, 0.2) is 0 Å². The standard InChI is InChI=1S/C12H17ClN2O2/c1-14(7-8-15-5-2-3-6-15)12(16)10-4-9-17-11(10)13/h4,9H,2-3,5-8H2,1H3. The van der Waals surface area contributed by atoms with Gasteiger partial charge in [0, 0.05) is 20.1 Å². The summed E-state index contributed by atoms with van der Waals surface area (Å²) in [5.41, 5.74) is 0.440. The molecule has 0 aromatic carbocycles. The van der Waals surface area contributed by atoms with Gasteiger partial charge in [-0.05, 0) is 43.6 Å². The van der Waals surface area contributed by atoms with Gasteiger partial charge in [-0.25, -0.2) is 0 Å². The fourth-order valence-corrected chi connectivity index (χ4v) is 2.25. The number of furan rings is 1. The van der Waals surface area contributed by atoms with Gasteiger partial charge in [-0.3, -0.25) is 4.79 Å². The zero-order chi connectivity index (χ0) is 12.3. The fourth-order valence-electron chi connectivity index (χ4n) is 2.05. The molecule has 1 fully saturated rings. The minimum absolute atomic E-state index is 0.0806. The van der Waals surface area contributed by atoms with Gasteiger partial charge < -0.3 is 14.2 Å². The lowest BCUT2D eigenvalue weighted by Crippen LogP contribution is -2.35. The molecule has 0 radical (unpaired) electrons. The molecular weight excluding hydrogens is 240 g/mol. The van der Waals surface area contributed by atoms with Crippen LogP contribution in [0.4, 0.5) is 0 Å². The first-order chi connectivity index (χ1) is 8.18. The molecule has 1 aliphatic heterocycles. The van der Waals surface area contributed by atoms with E-state index in [1.807, 2.05) is 0 Å². The Morgan fingerprint density at radius 2 is 2.24 bits per heavy atom. The lowest BCUT2D eigenvalue weighted by Gasteiger charge is -2.21. The maximum absolute atomic E-state index is 12.0. The van der Waals surface area contributed by atoms with Gasteiger partial charge in [-0.15, -0.1) is 0 Å². The first kappa shape index (κ1) is 12.5. The van der Waals surface area contributed by atoms with Crippen LogP contribution in [0.2, 0.25) is 5.22 Å². The number of hydrogen-bond donors (Lipinski definition) is 0. The highest BCUT2D eigenvalue weighted by atomic mass is 35.5. The van der Waals surface area contributed by atoms with Gasteiger partial charge in [0.1, 0.15) is 0 Å². The van der Waals surface area contributed by atoms with Gasteiger partial charge in [-0.2, -0.15) is 0 Å². The summed E-state index contributed by atoms with van der Waals surface area (Å²) in [6.45, 7) is 3.95. The molecule has 2 rings (SSSR count). The molecule has 0 saturated carbocycles. The summed E-state index contributed by atoms with van der Waals surface area (Å²) in [4.78, 5) is 16.1. The molecule has 1 saturated heterocycles. The Kier molecular flexibility index (Phi) is 4.07. The first-order valence-corrected chi connectivity index (χ1v) is 6.27. The summed E-state index contributed by atoms with van der Waals surface area (Å²) in [6.07, 6.45) is 3.97. The van der Waals surface area contributed by atoms with Gasteiger partial charge in [-0.1, -0.05) is 0 Å². The van der Waals surface area contributed by atoms with E-state index in [1.165, 1.54) is 19.1 Å². The van der Waals surface area contributed by atoms with Crippen molar-refractivity contribution >= 4 is 17.5 Å². The van der Waals surface area contributed by atoms with Gasteiger partial charge in [0.25, 0.3) is 5.91 Å². The largest absolute Gasteiger partial charge is 0.452 e. The number of amides is 1. The maximum Gasteiger partial charge on any atom is 0.258 e. The van der Waals surface area contributed by atoms with Crippen molar-refractivity contribution in [3.8, 4) is 0 Å². The van der Waals surface area contributed by atoms with E-state index in [-0.39, 0.29) is 11.1 Å². The minimum Gasteiger partial charge on any atom is -0.452 e. The van der Waals surface area contributed by atoms with Gasteiger partial charge >= 0.3 is 0 Å². The average molecular weight is 257 g/mol. The Bertz CT molecular complexity index is 386. The molecule has 1 aliphatic rings. The number of likely N-dealkylation sites (tertiary alicyclic amines) is 1. The monoisotopic (exact) mass is 256 g/mol. The molecule has 1 amide bonds. The maximum atomic E-state index is 12.0. The third kappa shape index (κ3) is 3.01. The number of carbonyl (C=O) groups is 1. The molecular formula is C12H17ClN2O2. The number of halogens is 1. The van der Waals surface area contributed by atoms with Crippen LogP contribution in [-0.4, -0.2) is 48.9 Å². The molecule has 4 nitrogen and oxygen atoms in total. The highest BCUT2D eigenvalue weighted by molar-refractivity contribution is 6.32. The zero-order valence-electron chi connectivity index (χ0n) is 9.99. The van der Waals surface area contributed by atoms with Crippen molar-refractivity contribution in [1.29, 1.82) is 0 Å². The van der Waals surface area contributed by atoms with Crippen molar-refractivity contribution in [2.24, 2.45) is 0 Å². The Labute approximate surface area is 106 Å². The quantitative estimate of drug-likeness (QED) is 0.828.